The molecule has 1 aliphatic carbocycles. The maximum absolute atomic E-state index is 6.22. The first kappa shape index (κ1) is 10.5. The third-order valence-corrected chi connectivity index (χ3v) is 3.69. The van der Waals surface area contributed by atoms with Crippen LogP contribution in [0.1, 0.15) is 35.3 Å². The van der Waals surface area contributed by atoms with Crippen LogP contribution in [-0.2, 0) is 13.5 Å². The topological polar surface area (TPSA) is 43.8 Å². The summed E-state index contributed by atoms with van der Waals surface area (Å²) in [5.41, 5.74) is 9.17. The average Bonchev–Trinajstić information content (AvgIpc) is 2.72. The Balaban J connectivity index is 1.72. The van der Waals surface area contributed by atoms with E-state index in [0.717, 1.165) is 18.7 Å². The van der Waals surface area contributed by atoms with Crippen molar-refractivity contribution in [2.24, 2.45) is 12.8 Å². The summed E-state index contributed by atoms with van der Waals surface area (Å²) in [6.45, 7) is 0. The smallest absolute Gasteiger partial charge is 0.125 e. The van der Waals surface area contributed by atoms with Crippen molar-refractivity contribution in [1.29, 1.82) is 0 Å². The molecule has 17 heavy (non-hydrogen) atoms. The summed E-state index contributed by atoms with van der Waals surface area (Å²) in [7, 11) is 2.00. The molecule has 0 spiro atoms. The molecule has 0 amide bonds. The molecule has 1 aromatic carbocycles. The van der Waals surface area contributed by atoms with Crippen molar-refractivity contribution in [2.75, 3.05) is 0 Å². The lowest BCUT2D eigenvalue weighted by Crippen LogP contribution is -2.24. The molecule has 3 nitrogen and oxygen atoms in total. The van der Waals surface area contributed by atoms with E-state index in [0.29, 0.717) is 5.92 Å². The zero-order valence-corrected chi connectivity index (χ0v) is 10.0. The summed E-state index contributed by atoms with van der Waals surface area (Å²) >= 11 is 0. The van der Waals surface area contributed by atoms with Crippen molar-refractivity contribution in [3.05, 3.63) is 53.6 Å². The van der Waals surface area contributed by atoms with Gasteiger partial charge in [-0.25, -0.2) is 4.98 Å². The first-order valence-corrected chi connectivity index (χ1v) is 6.06. The predicted molar refractivity (Wildman–Crippen MR) is 67.6 cm³/mol. The normalized spacial score (nSPS) is 19.5. The van der Waals surface area contributed by atoms with Gasteiger partial charge in [0, 0.05) is 19.4 Å². The molecule has 3 heteroatoms. The summed E-state index contributed by atoms with van der Waals surface area (Å²) in [5, 5.41) is 0. The molecule has 0 aliphatic heterocycles. The van der Waals surface area contributed by atoms with Crippen molar-refractivity contribution in [3.63, 3.8) is 0 Å². The fourth-order valence-corrected chi connectivity index (χ4v) is 2.72. The first-order chi connectivity index (χ1) is 8.25. The zero-order valence-electron chi connectivity index (χ0n) is 10.0. The first-order valence-electron chi connectivity index (χ1n) is 6.06. The molecule has 0 saturated heterocycles. The van der Waals surface area contributed by atoms with E-state index in [1.165, 1.54) is 11.1 Å². The Morgan fingerprint density at radius 1 is 1.47 bits per heavy atom. The van der Waals surface area contributed by atoms with Gasteiger partial charge in [-0.05, 0) is 29.9 Å². The molecule has 1 aliphatic rings. The number of aromatic nitrogens is 2. The van der Waals surface area contributed by atoms with Gasteiger partial charge in [-0.1, -0.05) is 24.3 Å². The molecule has 2 aromatic rings. The van der Waals surface area contributed by atoms with Gasteiger partial charge < -0.3 is 10.3 Å². The van der Waals surface area contributed by atoms with Gasteiger partial charge in [-0.2, -0.15) is 0 Å². The van der Waals surface area contributed by atoms with Crippen molar-refractivity contribution in [2.45, 2.75) is 24.8 Å². The monoisotopic (exact) mass is 227 g/mol. The molecule has 88 valence electrons. The van der Waals surface area contributed by atoms with Crippen LogP contribution in [0.15, 0.2) is 36.7 Å². The lowest BCUT2D eigenvalue weighted by atomic mass is 9.74. The molecule has 0 fully saturated rings. The Labute approximate surface area is 101 Å². The average molecular weight is 227 g/mol. The van der Waals surface area contributed by atoms with Crippen LogP contribution in [0.25, 0.3) is 0 Å². The van der Waals surface area contributed by atoms with Crippen LogP contribution in [-0.4, -0.2) is 9.55 Å². The Morgan fingerprint density at radius 3 is 3.00 bits per heavy atom. The second-order valence-electron chi connectivity index (χ2n) is 4.84. The Morgan fingerprint density at radius 2 is 2.29 bits per heavy atom. The highest BCUT2D eigenvalue weighted by molar-refractivity contribution is 5.40. The number of benzene rings is 1. The van der Waals surface area contributed by atoms with Gasteiger partial charge in [0.25, 0.3) is 0 Å². The van der Waals surface area contributed by atoms with E-state index < -0.39 is 0 Å². The van der Waals surface area contributed by atoms with Crippen LogP contribution < -0.4 is 5.73 Å². The number of nitrogens with zero attached hydrogens (tertiary/aromatic N) is 2. The van der Waals surface area contributed by atoms with Crippen molar-refractivity contribution < 1.29 is 0 Å². The van der Waals surface area contributed by atoms with Gasteiger partial charge in [-0.3, -0.25) is 0 Å². The van der Waals surface area contributed by atoms with E-state index >= 15 is 0 Å². The summed E-state index contributed by atoms with van der Waals surface area (Å²) in [6.07, 6.45) is 5.91. The standard InChI is InChI=1S/C14H17N3/c1-17-7-6-16-14(17)13(15)9-11-8-10-4-2-3-5-12(10)11/h2-7,11,13H,8-9,15H2,1H3. The molecule has 3 rings (SSSR count). The SMILES string of the molecule is Cn1ccnc1C(N)CC1Cc2ccccc21. The third-order valence-electron chi connectivity index (χ3n) is 3.69. The van der Waals surface area contributed by atoms with Crippen LogP contribution >= 0.6 is 0 Å². The Bertz CT molecular complexity index is 530. The highest BCUT2D eigenvalue weighted by atomic mass is 15.1. The molecule has 0 bridgehead atoms. The Hall–Kier alpha value is -1.61. The van der Waals surface area contributed by atoms with Crippen molar-refractivity contribution >= 4 is 0 Å². The Kier molecular flexibility index (Phi) is 2.48. The van der Waals surface area contributed by atoms with Gasteiger partial charge in [-0.15, -0.1) is 0 Å². The molecule has 0 saturated carbocycles. The number of rotatable bonds is 3. The molecular weight excluding hydrogens is 210 g/mol. The lowest BCUT2D eigenvalue weighted by molar-refractivity contribution is 0.476. The number of aryl methyl sites for hydroxylation is 1. The largest absolute Gasteiger partial charge is 0.337 e. The van der Waals surface area contributed by atoms with E-state index in [4.69, 9.17) is 5.73 Å². The van der Waals surface area contributed by atoms with Gasteiger partial charge >= 0.3 is 0 Å². The van der Waals surface area contributed by atoms with Crippen LogP contribution in [0.3, 0.4) is 0 Å². The van der Waals surface area contributed by atoms with E-state index in [2.05, 4.69) is 29.2 Å². The number of imidazole rings is 1. The van der Waals surface area contributed by atoms with Crippen LogP contribution in [0, 0.1) is 0 Å². The molecule has 1 aromatic heterocycles. The molecular formula is C14H17N3. The summed E-state index contributed by atoms with van der Waals surface area (Å²) < 4.78 is 2.01. The number of nitrogens with two attached hydrogens (primary N) is 1. The lowest BCUT2D eigenvalue weighted by Gasteiger charge is -2.31. The molecule has 1 heterocycles. The van der Waals surface area contributed by atoms with E-state index in [1.54, 1.807) is 0 Å². The summed E-state index contributed by atoms with van der Waals surface area (Å²) in [6, 6.07) is 8.67. The van der Waals surface area contributed by atoms with Gasteiger partial charge in [0.15, 0.2) is 0 Å². The van der Waals surface area contributed by atoms with Gasteiger partial charge in [0.05, 0.1) is 6.04 Å². The predicted octanol–water partition coefficient (Wildman–Crippen LogP) is 2.15. The quantitative estimate of drug-likeness (QED) is 0.873. The highest BCUT2D eigenvalue weighted by Crippen LogP contribution is 2.39. The zero-order chi connectivity index (χ0) is 11.8. The van der Waals surface area contributed by atoms with Gasteiger partial charge in [0.1, 0.15) is 5.82 Å². The fourth-order valence-electron chi connectivity index (χ4n) is 2.72. The van der Waals surface area contributed by atoms with E-state index in [9.17, 15) is 0 Å². The molecule has 2 N–H and O–H groups in total. The maximum Gasteiger partial charge on any atom is 0.125 e. The minimum atomic E-state index is 0.0355. The number of hydrogen-bond donors (Lipinski definition) is 1. The minimum Gasteiger partial charge on any atom is -0.337 e. The van der Waals surface area contributed by atoms with E-state index in [-0.39, 0.29) is 6.04 Å². The summed E-state index contributed by atoms with van der Waals surface area (Å²) in [5.74, 6) is 1.59. The van der Waals surface area contributed by atoms with E-state index in [1.807, 2.05) is 24.0 Å². The van der Waals surface area contributed by atoms with Gasteiger partial charge in [0.2, 0.25) is 0 Å². The number of hydrogen-bond acceptors (Lipinski definition) is 2. The summed E-state index contributed by atoms with van der Waals surface area (Å²) in [4.78, 5) is 4.32. The molecule has 0 radical (unpaired) electrons. The maximum atomic E-state index is 6.22. The van der Waals surface area contributed by atoms with Crippen LogP contribution in [0.4, 0.5) is 0 Å². The highest BCUT2D eigenvalue weighted by Gasteiger charge is 2.28. The fraction of sp³-hybridized carbons (Fsp3) is 0.357. The minimum absolute atomic E-state index is 0.0355. The molecule has 2 unspecified atom stereocenters. The van der Waals surface area contributed by atoms with Crippen molar-refractivity contribution in [3.8, 4) is 0 Å². The van der Waals surface area contributed by atoms with Crippen LogP contribution in [0.2, 0.25) is 0 Å². The molecule has 2 atom stereocenters. The van der Waals surface area contributed by atoms with Crippen molar-refractivity contribution in [1.82, 2.24) is 9.55 Å². The third kappa shape index (κ3) is 1.76. The second kappa shape index (κ2) is 4.00. The second-order valence-corrected chi connectivity index (χ2v) is 4.84. The van der Waals surface area contributed by atoms with Crippen LogP contribution in [0.5, 0.6) is 0 Å². The number of fused-ring (bicyclic) bond motifs is 1.